The Labute approximate surface area is 131 Å². The van der Waals surface area contributed by atoms with E-state index in [0.717, 1.165) is 20.4 Å². The van der Waals surface area contributed by atoms with Crippen molar-refractivity contribution >= 4 is 33.8 Å². The van der Waals surface area contributed by atoms with Crippen molar-refractivity contribution in [2.75, 3.05) is 0 Å². The monoisotopic (exact) mass is 309 g/mol. The SMILES string of the molecule is Clc1ccc(-c2cc3cc(-c4ccccc4)ccc3[nH]2)s1. The van der Waals surface area contributed by atoms with Gasteiger partial charge in [-0.3, -0.25) is 0 Å². The Bertz CT molecular complexity index is 905. The van der Waals surface area contributed by atoms with E-state index < -0.39 is 0 Å². The molecular weight excluding hydrogens is 298 g/mol. The van der Waals surface area contributed by atoms with Crippen LogP contribution in [-0.4, -0.2) is 4.98 Å². The smallest absolute Gasteiger partial charge is 0.0935 e. The summed E-state index contributed by atoms with van der Waals surface area (Å²) in [6.45, 7) is 0. The van der Waals surface area contributed by atoms with Gasteiger partial charge in [-0.2, -0.15) is 0 Å². The molecule has 0 spiro atoms. The maximum Gasteiger partial charge on any atom is 0.0935 e. The number of aromatic amines is 1. The van der Waals surface area contributed by atoms with Crippen LogP contribution in [0.5, 0.6) is 0 Å². The molecule has 21 heavy (non-hydrogen) atoms. The number of benzene rings is 2. The Morgan fingerprint density at radius 1 is 0.810 bits per heavy atom. The summed E-state index contributed by atoms with van der Waals surface area (Å²) in [4.78, 5) is 4.62. The minimum absolute atomic E-state index is 0.814. The van der Waals surface area contributed by atoms with Gasteiger partial charge in [-0.05, 0) is 41.5 Å². The summed E-state index contributed by atoms with van der Waals surface area (Å²) in [6, 6.07) is 23.1. The van der Waals surface area contributed by atoms with Crippen LogP contribution >= 0.6 is 22.9 Å². The van der Waals surface area contributed by atoms with Crippen molar-refractivity contribution in [2.24, 2.45) is 0 Å². The number of H-pyrrole nitrogens is 1. The number of hydrogen-bond donors (Lipinski definition) is 1. The van der Waals surface area contributed by atoms with Gasteiger partial charge in [0, 0.05) is 10.9 Å². The van der Waals surface area contributed by atoms with Crippen molar-refractivity contribution < 1.29 is 0 Å². The van der Waals surface area contributed by atoms with Crippen molar-refractivity contribution in [1.82, 2.24) is 4.98 Å². The fraction of sp³-hybridized carbons (Fsp3) is 0. The summed E-state index contributed by atoms with van der Waals surface area (Å²) in [5.41, 5.74) is 4.74. The number of aromatic nitrogens is 1. The molecule has 0 bridgehead atoms. The third kappa shape index (κ3) is 2.37. The lowest BCUT2D eigenvalue weighted by Crippen LogP contribution is -1.76. The first-order chi connectivity index (χ1) is 10.3. The number of hydrogen-bond acceptors (Lipinski definition) is 1. The summed E-state index contributed by atoms with van der Waals surface area (Å²) >= 11 is 7.61. The van der Waals surface area contributed by atoms with E-state index in [2.05, 4.69) is 59.6 Å². The Morgan fingerprint density at radius 3 is 2.43 bits per heavy atom. The summed E-state index contributed by atoms with van der Waals surface area (Å²) in [5.74, 6) is 0. The highest BCUT2D eigenvalue weighted by Crippen LogP contribution is 2.33. The maximum atomic E-state index is 6.02. The molecule has 0 aliphatic carbocycles. The average molecular weight is 310 g/mol. The van der Waals surface area contributed by atoms with Gasteiger partial charge in [-0.25, -0.2) is 0 Å². The molecule has 2 heterocycles. The quantitative estimate of drug-likeness (QED) is 0.452. The van der Waals surface area contributed by atoms with Crippen LogP contribution in [0, 0.1) is 0 Å². The molecule has 1 nitrogen and oxygen atoms in total. The molecule has 2 aromatic carbocycles. The molecule has 0 amide bonds. The van der Waals surface area contributed by atoms with Gasteiger partial charge in [-0.15, -0.1) is 11.3 Å². The van der Waals surface area contributed by atoms with Gasteiger partial charge in [0.25, 0.3) is 0 Å². The van der Waals surface area contributed by atoms with E-state index in [-0.39, 0.29) is 0 Å². The van der Waals surface area contributed by atoms with E-state index in [0.29, 0.717) is 0 Å². The van der Waals surface area contributed by atoms with E-state index in [1.807, 2.05) is 12.1 Å². The summed E-state index contributed by atoms with van der Waals surface area (Å²) in [7, 11) is 0. The molecule has 1 N–H and O–H groups in total. The van der Waals surface area contributed by atoms with Gasteiger partial charge >= 0.3 is 0 Å². The molecule has 0 saturated heterocycles. The van der Waals surface area contributed by atoms with Crippen LogP contribution in [0.3, 0.4) is 0 Å². The number of thiophene rings is 1. The lowest BCUT2D eigenvalue weighted by atomic mass is 10.0. The van der Waals surface area contributed by atoms with Crippen molar-refractivity contribution in [3.05, 3.63) is 71.1 Å². The normalized spacial score (nSPS) is 11.1. The predicted molar refractivity (Wildman–Crippen MR) is 92.1 cm³/mol. The van der Waals surface area contributed by atoms with Crippen molar-refractivity contribution in [1.29, 1.82) is 0 Å². The van der Waals surface area contributed by atoms with Crippen LogP contribution < -0.4 is 0 Å². The molecule has 2 aromatic heterocycles. The van der Waals surface area contributed by atoms with Gasteiger partial charge < -0.3 is 4.98 Å². The van der Waals surface area contributed by atoms with E-state index in [4.69, 9.17) is 11.6 Å². The van der Waals surface area contributed by atoms with Crippen LogP contribution in [-0.2, 0) is 0 Å². The molecule has 0 fully saturated rings. The van der Waals surface area contributed by atoms with Gasteiger partial charge in [0.05, 0.1) is 14.9 Å². The van der Waals surface area contributed by atoms with Crippen LogP contribution in [0.25, 0.3) is 32.6 Å². The molecule has 0 atom stereocenters. The Kier molecular flexibility index (Phi) is 3.06. The number of fused-ring (bicyclic) bond motifs is 1. The molecule has 3 heteroatoms. The molecule has 0 radical (unpaired) electrons. The van der Waals surface area contributed by atoms with Gasteiger partial charge in [0.1, 0.15) is 0 Å². The Hall–Kier alpha value is -2.03. The highest BCUT2D eigenvalue weighted by molar-refractivity contribution is 7.19. The molecule has 102 valence electrons. The third-order valence-corrected chi connectivity index (χ3v) is 4.83. The predicted octanol–water partition coefficient (Wildman–Crippen LogP) is 6.22. The zero-order valence-electron chi connectivity index (χ0n) is 11.1. The zero-order valence-corrected chi connectivity index (χ0v) is 12.7. The summed E-state index contributed by atoms with van der Waals surface area (Å²) in [5, 5.41) is 1.22. The molecule has 0 saturated carbocycles. The zero-order chi connectivity index (χ0) is 14.2. The fourth-order valence-electron chi connectivity index (χ4n) is 2.53. The summed E-state index contributed by atoms with van der Waals surface area (Å²) in [6.07, 6.45) is 0. The number of nitrogens with one attached hydrogen (secondary N) is 1. The maximum absolute atomic E-state index is 6.02. The molecule has 4 aromatic rings. The van der Waals surface area contributed by atoms with Gasteiger partial charge in [0.2, 0.25) is 0 Å². The second-order valence-electron chi connectivity index (χ2n) is 4.95. The minimum atomic E-state index is 0.814. The standard InChI is InChI=1S/C18H12ClNS/c19-18-9-8-17(21-18)16-11-14-10-13(6-7-15(14)20-16)12-4-2-1-3-5-12/h1-11,20H. The topological polar surface area (TPSA) is 15.8 Å². The molecule has 0 aliphatic rings. The lowest BCUT2D eigenvalue weighted by Gasteiger charge is -2.00. The Morgan fingerprint density at radius 2 is 1.67 bits per heavy atom. The molecule has 0 unspecified atom stereocenters. The fourth-order valence-corrected chi connectivity index (χ4v) is 3.55. The second kappa shape index (κ2) is 5.06. The van der Waals surface area contributed by atoms with Crippen molar-refractivity contribution in [3.63, 3.8) is 0 Å². The largest absolute Gasteiger partial charge is 0.354 e. The highest BCUT2D eigenvalue weighted by Gasteiger charge is 2.07. The van der Waals surface area contributed by atoms with E-state index in [9.17, 15) is 0 Å². The van der Waals surface area contributed by atoms with Crippen LogP contribution in [0.15, 0.2) is 66.7 Å². The van der Waals surface area contributed by atoms with E-state index in [1.54, 1.807) is 11.3 Å². The van der Waals surface area contributed by atoms with Crippen LogP contribution in [0.2, 0.25) is 4.34 Å². The first-order valence-corrected chi connectivity index (χ1v) is 7.93. The highest BCUT2D eigenvalue weighted by atomic mass is 35.5. The summed E-state index contributed by atoms with van der Waals surface area (Å²) < 4.78 is 0.814. The van der Waals surface area contributed by atoms with Gasteiger partial charge in [-0.1, -0.05) is 48.0 Å². The minimum Gasteiger partial charge on any atom is -0.354 e. The van der Waals surface area contributed by atoms with E-state index >= 15 is 0 Å². The molecule has 0 aliphatic heterocycles. The van der Waals surface area contributed by atoms with Crippen molar-refractivity contribution in [2.45, 2.75) is 0 Å². The van der Waals surface area contributed by atoms with Crippen LogP contribution in [0.1, 0.15) is 0 Å². The third-order valence-electron chi connectivity index (χ3n) is 3.57. The molecular formula is C18H12ClNS. The lowest BCUT2D eigenvalue weighted by molar-refractivity contribution is 1.48. The first-order valence-electron chi connectivity index (χ1n) is 6.73. The second-order valence-corrected chi connectivity index (χ2v) is 6.67. The number of rotatable bonds is 2. The Balaban J connectivity index is 1.82. The van der Waals surface area contributed by atoms with Crippen molar-refractivity contribution in [3.8, 4) is 21.7 Å². The van der Waals surface area contributed by atoms with E-state index in [1.165, 1.54) is 16.5 Å². The molecule has 4 rings (SSSR count). The first kappa shape index (κ1) is 12.7. The van der Waals surface area contributed by atoms with Gasteiger partial charge in [0.15, 0.2) is 0 Å². The average Bonchev–Trinajstić information content (AvgIpc) is 3.13. The van der Waals surface area contributed by atoms with Crippen LogP contribution in [0.4, 0.5) is 0 Å². The number of halogens is 1.